The van der Waals surface area contributed by atoms with Gasteiger partial charge in [0, 0.05) is 16.7 Å². The van der Waals surface area contributed by atoms with Crippen molar-refractivity contribution in [1.29, 1.82) is 5.26 Å². The molecule has 0 aliphatic carbocycles. The summed E-state index contributed by atoms with van der Waals surface area (Å²) in [5, 5.41) is 9.65. The molecule has 3 rings (SSSR count). The zero-order chi connectivity index (χ0) is 20.3. The zero-order valence-corrected chi connectivity index (χ0v) is 17.1. The van der Waals surface area contributed by atoms with Crippen LogP contribution >= 0.6 is 0 Å². The number of methoxy groups -OCH3 is 1. The Morgan fingerprint density at radius 3 is 2.14 bits per heavy atom. The van der Waals surface area contributed by atoms with Crippen LogP contribution in [0.1, 0.15) is 29.2 Å². The highest BCUT2D eigenvalue weighted by molar-refractivity contribution is 5.88. The molecule has 0 saturated carbocycles. The van der Waals surface area contributed by atoms with Crippen molar-refractivity contribution in [1.82, 2.24) is 0 Å². The van der Waals surface area contributed by atoms with E-state index in [1.807, 2.05) is 50.2 Å². The maximum atomic E-state index is 9.65. The maximum Gasteiger partial charge on any atom is 0.127 e. The normalized spacial score (nSPS) is 10.4. The Hall–Kier alpha value is -3.25. The van der Waals surface area contributed by atoms with E-state index in [4.69, 9.17) is 9.47 Å². The minimum atomic E-state index is 0.577. The van der Waals surface area contributed by atoms with E-state index < -0.39 is 0 Å². The molecule has 0 heterocycles. The first-order chi connectivity index (χ1) is 13.5. The Bertz CT molecular complexity index is 1060. The highest BCUT2D eigenvalue weighted by atomic mass is 16.5. The molecule has 0 radical (unpaired) electrons. The third-order valence-electron chi connectivity index (χ3n) is 5.09. The average molecular weight is 371 g/mol. The van der Waals surface area contributed by atoms with Crippen LogP contribution in [0.4, 0.5) is 0 Å². The first-order valence-corrected chi connectivity index (χ1v) is 9.43. The predicted octanol–water partition coefficient (Wildman–Crippen LogP) is 6.22. The average Bonchev–Trinajstić information content (AvgIpc) is 2.69. The zero-order valence-electron chi connectivity index (χ0n) is 17.1. The Kier molecular flexibility index (Phi) is 5.70. The summed E-state index contributed by atoms with van der Waals surface area (Å²) in [6.45, 7) is 8.77. The molecule has 3 aromatic carbocycles. The van der Waals surface area contributed by atoms with Crippen LogP contribution in [0.2, 0.25) is 0 Å². The molecule has 0 aromatic heterocycles. The third kappa shape index (κ3) is 3.34. The Labute approximate surface area is 167 Å². The molecular weight excluding hydrogens is 346 g/mol. The van der Waals surface area contributed by atoms with E-state index in [2.05, 4.69) is 32.0 Å². The molecule has 0 unspecified atom stereocenters. The fourth-order valence-electron chi connectivity index (χ4n) is 3.79. The molecule has 28 heavy (non-hydrogen) atoms. The van der Waals surface area contributed by atoms with E-state index in [0.29, 0.717) is 12.2 Å². The van der Waals surface area contributed by atoms with Crippen molar-refractivity contribution in [2.24, 2.45) is 0 Å². The summed E-state index contributed by atoms with van der Waals surface area (Å²) in [5.41, 5.74) is 8.00. The molecule has 0 spiro atoms. The van der Waals surface area contributed by atoms with Gasteiger partial charge in [-0.3, -0.25) is 0 Å². The number of hydrogen-bond donors (Lipinski definition) is 0. The largest absolute Gasteiger partial charge is 0.496 e. The minimum absolute atomic E-state index is 0.577. The molecular formula is C25H25NO2. The fourth-order valence-corrected chi connectivity index (χ4v) is 3.79. The Morgan fingerprint density at radius 2 is 1.50 bits per heavy atom. The van der Waals surface area contributed by atoms with Crippen molar-refractivity contribution >= 4 is 0 Å². The number of hydrogen-bond acceptors (Lipinski definition) is 3. The van der Waals surface area contributed by atoms with Crippen LogP contribution in [0.15, 0.2) is 48.5 Å². The van der Waals surface area contributed by atoms with Gasteiger partial charge >= 0.3 is 0 Å². The first-order valence-electron chi connectivity index (χ1n) is 9.43. The molecule has 142 valence electrons. The van der Waals surface area contributed by atoms with E-state index in [9.17, 15) is 5.26 Å². The van der Waals surface area contributed by atoms with Gasteiger partial charge in [0.1, 0.15) is 11.5 Å². The maximum absolute atomic E-state index is 9.65. The molecule has 0 atom stereocenters. The SMILES string of the molecule is CCOc1ccc(-c2c(C)cccc2C#N)c(C)c1-c1c(C)cccc1OC. The highest BCUT2D eigenvalue weighted by Gasteiger charge is 2.21. The molecule has 0 aliphatic rings. The summed E-state index contributed by atoms with van der Waals surface area (Å²) in [5.74, 6) is 1.63. The number of benzene rings is 3. The monoisotopic (exact) mass is 371 g/mol. The molecule has 3 aromatic rings. The van der Waals surface area contributed by atoms with Crippen molar-refractivity contribution in [3.63, 3.8) is 0 Å². The Morgan fingerprint density at radius 1 is 0.821 bits per heavy atom. The molecule has 0 fully saturated rings. The third-order valence-corrected chi connectivity index (χ3v) is 5.09. The molecule has 3 heteroatoms. The molecule has 0 N–H and O–H groups in total. The lowest BCUT2D eigenvalue weighted by atomic mass is 9.86. The second-order valence-corrected chi connectivity index (χ2v) is 6.81. The number of aryl methyl sites for hydroxylation is 2. The van der Waals surface area contributed by atoms with E-state index in [0.717, 1.165) is 50.4 Å². The number of nitrogens with zero attached hydrogens (tertiary/aromatic N) is 1. The molecule has 0 amide bonds. The van der Waals surface area contributed by atoms with Crippen LogP contribution in [-0.4, -0.2) is 13.7 Å². The van der Waals surface area contributed by atoms with Crippen LogP contribution in [0.3, 0.4) is 0 Å². The van der Waals surface area contributed by atoms with E-state index in [1.54, 1.807) is 7.11 Å². The van der Waals surface area contributed by atoms with E-state index in [1.165, 1.54) is 0 Å². The molecule has 0 bridgehead atoms. The predicted molar refractivity (Wildman–Crippen MR) is 114 cm³/mol. The fraction of sp³-hybridized carbons (Fsp3) is 0.240. The van der Waals surface area contributed by atoms with E-state index >= 15 is 0 Å². The van der Waals surface area contributed by atoms with Gasteiger partial charge < -0.3 is 9.47 Å². The summed E-state index contributed by atoms with van der Waals surface area (Å²) < 4.78 is 11.7. The number of nitriles is 1. The topological polar surface area (TPSA) is 42.2 Å². The summed E-state index contributed by atoms with van der Waals surface area (Å²) in [6, 6.07) is 18.3. The van der Waals surface area contributed by atoms with Crippen LogP contribution in [0, 0.1) is 32.1 Å². The van der Waals surface area contributed by atoms with Gasteiger partial charge in [-0.25, -0.2) is 0 Å². The summed E-state index contributed by atoms with van der Waals surface area (Å²) in [6.07, 6.45) is 0. The van der Waals surface area contributed by atoms with Crippen LogP contribution < -0.4 is 9.47 Å². The highest BCUT2D eigenvalue weighted by Crippen LogP contribution is 2.45. The molecule has 3 nitrogen and oxygen atoms in total. The van der Waals surface area contributed by atoms with Crippen molar-refractivity contribution in [3.8, 4) is 39.8 Å². The van der Waals surface area contributed by atoms with Gasteiger partial charge in [0.25, 0.3) is 0 Å². The van der Waals surface area contributed by atoms with Crippen molar-refractivity contribution in [2.75, 3.05) is 13.7 Å². The number of ether oxygens (including phenoxy) is 2. The van der Waals surface area contributed by atoms with Gasteiger partial charge in [0.2, 0.25) is 0 Å². The second-order valence-electron chi connectivity index (χ2n) is 6.81. The van der Waals surface area contributed by atoms with Crippen LogP contribution in [0.25, 0.3) is 22.3 Å². The lowest BCUT2D eigenvalue weighted by Crippen LogP contribution is -2.01. The van der Waals surface area contributed by atoms with Gasteiger partial charge in [-0.15, -0.1) is 0 Å². The summed E-state index contributed by atoms with van der Waals surface area (Å²) in [4.78, 5) is 0. The van der Waals surface area contributed by atoms with E-state index in [-0.39, 0.29) is 0 Å². The lowest BCUT2D eigenvalue weighted by Gasteiger charge is -2.21. The van der Waals surface area contributed by atoms with Crippen LogP contribution in [-0.2, 0) is 0 Å². The van der Waals surface area contributed by atoms with Crippen molar-refractivity contribution < 1.29 is 9.47 Å². The molecule has 0 saturated heterocycles. The summed E-state index contributed by atoms with van der Waals surface area (Å²) in [7, 11) is 1.69. The van der Waals surface area contributed by atoms with Gasteiger partial charge in [0.15, 0.2) is 0 Å². The molecule has 0 aliphatic heterocycles. The lowest BCUT2D eigenvalue weighted by molar-refractivity contribution is 0.341. The minimum Gasteiger partial charge on any atom is -0.496 e. The van der Waals surface area contributed by atoms with Gasteiger partial charge in [-0.05, 0) is 68.1 Å². The second kappa shape index (κ2) is 8.19. The van der Waals surface area contributed by atoms with Crippen molar-refractivity contribution in [2.45, 2.75) is 27.7 Å². The standard InChI is InChI=1S/C25H25NO2/c1-6-28-22-14-13-20(23-16(2)9-7-11-19(23)15-26)18(4)25(22)24-17(3)10-8-12-21(24)27-5/h7-14H,6H2,1-5H3. The Balaban J connectivity index is 2.39. The summed E-state index contributed by atoms with van der Waals surface area (Å²) >= 11 is 0. The first kappa shape index (κ1) is 19.5. The quantitative estimate of drug-likeness (QED) is 0.534. The van der Waals surface area contributed by atoms with Gasteiger partial charge in [-0.1, -0.05) is 30.3 Å². The smallest absolute Gasteiger partial charge is 0.127 e. The van der Waals surface area contributed by atoms with Gasteiger partial charge in [-0.2, -0.15) is 5.26 Å². The number of rotatable bonds is 5. The van der Waals surface area contributed by atoms with Crippen molar-refractivity contribution in [3.05, 3.63) is 70.8 Å². The van der Waals surface area contributed by atoms with Crippen LogP contribution in [0.5, 0.6) is 11.5 Å². The van der Waals surface area contributed by atoms with Gasteiger partial charge in [0.05, 0.1) is 25.3 Å².